The lowest BCUT2D eigenvalue weighted by Crippen LogP contribution is -2.58. The van der Waals surface area contributed by atoms with E-state index in [0.29, 0.717) is 23.6 Å². The van der Waals surface area contributed by atoms with Gasteiger partial charge in [-0.25, -0.2) is 4.68 Å². The first-order valence-electron chi connectivity index (χ1n) is 13.5. The molecule has 216 valence electrons. The molecule has 4 bridgehead atoms. The molecule has 41 heavy (non-hydrogen) atoms. The third kappa shape index (κ3) is 8.13. The SMILES string of the molecule is CC(C)[C@@H]1NC(=O)[C@@H](Cc2ccccc2)NC(=O)c2cccc(c2)OCCn2cc(nn2)CNC(=O)[C@@H](C)NC1=O. The van der Waals surface area contributed by atoms with E-state index in [0.717, 1.165) is 5.56 Å². The molecule has 4 rings (SSSR count). The molecule has 3 aromatic rings. The van der Waals surface area contributed by atoms with E-state index in [1.807, 2.05) is 30.3 Å². The van der Waals surface area contributed by atoms with E-state index in [1.54, 1.807) is 55.9 Å². The van der Waals surface area contributed by atoms with Crippen molar-refractivity contribution in [3.63, 3.8) is 0 Å². The van der Waals surface area contributed by atoms with Gasteiger partial charge in [-0.1, -0.05) is 55.5 Å². The van der Waals surface area contributed by atoms with Crippen LogP contribution in [0.25, 0.3) is 0 Å². The number of carbonyl (C=O) groups excluding carboxylic acids is 4. The van der Waals surface area contributed by atoms with E-state index in [-0.39, 0.29) is 25.5 Å². The lowest BCUT2D eigenvalue weighted by atomic mass is 10.0. The molecule has 4 N–H and O–H groups in total. The van der Waals surface area contributed by atoms with Crippen molar-refractivity contribution in [3.05, 3.63) is 77.6 Å². The van der Waals surface area contributed by atoms with Crippen LogP contribution in [0.5, 0.6) is 5.75 Å². The Labute approximate surface area is 238 Å². The molecule has 2 heterocycles. The van der Waals surface area contributed by atoms with Gasteiger partial charge >= 0.3 is 0 Å². The maximum atomic E-state index is 13.5. The third-order valence-corrected chi connectivity index (χ3v) is 6.62. The number of nitrogens with zero attached hydrogens (tertiary/aromatic N) is 3. The lowest BCUT2D eigenvalue weighted by molar-refractivity contribution is -0.133. The van der Waals surface area contributed by atoms with Gasteiger partial charge in [0.05, 0.1) is 19.3 Å². The molecule has 0 unspecified atom stereocenters. The van der Waals surface area contributed by atoms with Crippen LogP contribution in [0.4, 0.5) is 0 Å². The molecular formula is C29H35N7O5. The lowest BCUT2D eigenvalue weighted by Gasteiger charge is -2.26. The fourth-order valence-corrected chi connectivity index (χ4v) is 4.30. The van der Waals surface area contributed by atoms with Crippen LogP contribution in [0.15, 0.2) is 60.8 Å². The third-order valence-electron chi connectivity index (χ3n) is 6.62. The normalized spacial score (nSPS) is 21.0. The minimum atomic E-state index is -0.973. The number of carbonyl (C=O) groups is 4. The highest BCUT2D eigenvalue weighted by atomic mass is 16.5. The fraction of sp³-hybridized carbons (Fsp3) is 0.379. The summed E-state index contributed by atoms with van der Waals surface area (Å²) in [6, 6.07) is 13.2. The van der Waals surface area contributed by atoms with Crippen molar-refractivity contribution in [3.8, 4) is 5.75 Å². The second-order valence-corrected chi connectivity index (χ2v) is 10.2. The first-order chi connectivity index (χ1) is 19.7. The van der Waals surface area contributed by atoms with Crippen LogP contribution in [0.3, 0.4) is 0 Å². The summed E-state index contributed by atoms with van der Waals surface area (Å²) >= 11 is 0. The zero-order valence-corrected chi connectivity index (χ0v) is 23.3. The number of benzene rings is 2. The number of nitrogens with one attached hydrogen (secondary N) is 4. The van der Waals surface area contributed by atoms with Gasteiger partial charge in [0.1, 0.15) is 36.2 Å². The Morgan fingerprint density at radius 1 is 0.951 bits per heavy atom. The molecule has 12 nitrogen and oxygen atoms in total. The topological polar surface area (TPSA) is 156 Å². The van der Waals surface area contributed by atoms with E-state index < -0.39 is 41.8 Å². The first kappa shape index (κ1) is 29.2. The van der Waals surface area contributed by atoms with Crippen molar-refractivity contribution >= 4 is 23.6 Å². The molecule has 0 saturated heterocycles. The summed E-state index contributed by atoms with van der Waals surface area (Å²) < 4.78 is 7.41. The Bertz CT molecular complexity index is 1370. The zero-order valence-electron chi connectivity index (χ0n) is 23.3. The van der Waals surface area contributed by atoms with E-state index in [1.165, 1.54) is 0 Å². The standard InChI is InChI=1S/C29H35N7O5/c1-18(2)25-29(40)31-19(3)26(37)30-16-22-17-36(35-34-22)12-13-41-23-11-7-10-21(15-23)27(38)32-24(28(39)33-25)14-20-8-5-4-6-9-20/h4-11,15,17-19,24-25H,12-14,16H2,1-3H3,(H,30,37)(H,31,40)(H,32,38)(H,33,39)/t19-,24-,25+/m1/s1. The quantitative estimate of drug-likeness (QED) is 0.371. The fourth-order valence-electron chi connectivity index (χ4n) is 4.30. The molecular weight excluding hydrogens is 526 g/mol. The van der Waals surface area contributed by atoms with Crippen molar-refractivity contribution in [2.45, 2.75) is 58.4 Å². The summed E-state index contributed by atoms with van der Waals surface area (Å²) in [4.78, 5) is 52.7. The molecule has 0 fully saturated rings. The number of hydrogen-bond donors (Lipinski definition) is 4. The predicted molar refractivity (Wildman–Crippen MR) is 150 cm³/mol. The second kappa shape index (κ2) is 13.6. The van der Waals surface area contributed by atoms with E-state index >= 15 is 0 Å². The van der Waals surface area contributed by atoms with Crippen LogP contribution >= 0.6 is 0 Å². The van der Waals surface area contributed by atoms with Gasteiger partial charge in [0.15, 0.2) is 0 Å². The van der Waals surface area contributed by atoms with Gasteiger partial charge < -0.3 is 26.0 Å². The Morgan fingerprint density at radius 3 is 2.49 bits per heavy atom. The van der Waals surface area contributed by atoms with Crippen LogP contribution in [0, 0.1) is 5.92 Å². The van der Waals surface area contributed by atoms with Crippen LogP contribution in [-0.2, 0) is 33.9 Å². The minimum absolute atomic E-state index is 0.126. The van der Waals surface area contributed by atoms with Gasteiger partial charge in [-0.2, -0.15) is 0 Å². The molecule has 1 aliphatic heterocycles. The van der Waals surface area contributed by atoms with Gasteiger partial charge in [-0.05, 0) is 36.6 Å². The van der Waals surface area contributed by atoms with E-state index in [9.17, 15) is 19.2 Å². The maximum absolute atomic E-state index is 13.5. The summed E-state index contributed by atoms with van der Waals surface area (Å²) in [6.45, 7) is 5.91. The summed E-state index contributed by atoms with van der Waals surface area (Å²) in [5, 5.41) is 19.1. The van der Waals surface area contributed by atoms with Crippen LogP contribution < -0.4 is 26.0 Å². The number of fused-ring (bicyclic) bond motifs is 4. The Balaban J connectivity index is 1.62. The van der Waals surface area contributed by atoms with Crippen molar-refractivity contribution in [1.29, 1.82) is 0 Å². The number of hydrogen-bond acceptors (Lipinski definition) is 7. The molecule has 4 amide bonds. The van der Waals surface area contributed by atoms with Crippen LogP contribution in [0.1, 0.15) is 42.4 Å². The summed E-state index contributed by atoms with van der Waals surface area (Å²) in [7, 11) is 0. The van der Waals surface area contributed by atoms with Gasteiger partial charge in [-0.15, -0.1) is 5.10 Å². The van der Waals surface area contributed by atoms with Crippen molar-refractivity contribution in [1.82, 2.24) is 36.3 Å². The summed E-state index contributed by atoms with van der Waals surface area (Å²) in [5.41, 5.74) is 1.69. The highest BCUT2D eigenvalue weighted by Crippen LogP contribution is 2.15. The summed E-state index contributed by atoms with van der Waals surface area (Å²) in [5.74, 6) is -1.73. The monoisotopic (exact) mass is 561 g/mol. The van der Waals surface area contributed by atoms with Gasteiger partial charge in [0.25, 0.3) is 5.91 Å². The molecule has 0 saturated carbocycles. The number of rotatable bonds is 3. The van der Waals surface area contributed by atoms with Gasteiger partial charge in [0.2, 0.25) is 17.7 Å². The highest BCUT2D eigenvalue weighted by molar-refractivity contribution is 5.99. The minimum Gasteiger partial charge on any atom is -0.492 e. The van der Waals surface area contributed by atoms with E-state index in [2.05, 4.69) is 31.6 Å². The largest absolute Gasteiger partial charge is 0.492 e. The smallest absolute Gasteiger partial charge is 0.252 e. The van der Waals surface area contributed by atoms with Crippen molar-refractivity contribution in [2.24, 2.45) is 5.92 Å². The number of amides is 4. The molecule has 12 heteroatoms. The highest BCUT2D eigenvalue weighted by Gasteiger charge is 2.30. The van der Waals surface area contributed by atoms with E-state index in [4.69, 9.17) is 4.74 Å². The van der Waals surface area contributed by atoms with Crippen molar-refractivity contribution in [2.75, 3.05) is 6.61 Å². The van der Waals surface area contributed by atoms with Gasteiger partial charge in [0, 0.05) is 12.0 Å². The zero-order chi connectivity index (χ0) is 29.4. The Kier molecular flexibility index (Phi) is 9.67. The maximum Gasteiger partial charge on any atom is 0.252 e. The van der Waals surface area contributed by atoms with Crippen LogP contribution in [-0.4, -0.2) is 63.4 Å². The Morgan fingerprint density at radius 2 is 1.73 bits per heavy atom. The second-order valence-electron chi connectivity index (χ2n) is 10.2. The molecule has 1 aromatic heterocycles. The molecule has 0 radical (unpaired) electrons. The molecule has 0 spiro atoms. The first-order valence-corrected chi connectivity index (χ1v) is 13.5. The molecule has 2 aromatic carbocycles. The predicted octanol–water partition coefficient (Wildman–Crippen LogP) is 0.974. The average Bonchev–Trinajstić information content (AvgIpc) is 3.41. The summed E-state index contributed by atoms with van der Waals surface area (Å²) in [6.07, 6.45) is 1.90. The van der Waals surface area contributed by atoms with Gasteiger partial charge in [-0.3, -0.25) is 19.2 Å². The average molecular weight is 562 g/mol. The Hall–Kier alpha value is -4.74. The van der Waals surface area contributed by atoms with Crippen molar-refractivity contribution < 1.29 is 23.9 Å². The number of ether oxygens (including phenoxy) is 1. The molecule has 1 aliphatic rings. The number of aromatic nitrogens is 3. The van der Waals surface area contributed by atoms with Crippen LogP contribution in [0.2, 0.25) is 0 Å². The molecule has 3 atom stereocenters. The molecule has 0 aliphatic carbocycles.